The number of anilines is 1. The number of pyridine rings is 1. The summed E-state index contributed by atoms with van der Waals surface area (Å²) in [4.78, 5) is 55.4. The molecule has 2 aliphatic heterocycles. The van der Waals surface area contributed by atoms with Gasteiger partial charge in [0, 0.05) is 41.1 Å². The summed E-state index contributed by atoms with van der Waals surface area (Å²) in [6, 6.07) is 28.3. The lowest BCUT2D eigenvalue weighted by atomic mass is 10.0. The Morgan fingerprint density at radius 1 is 0.902 bits per heavy atom. The third-order valence-electron chi connectivity index (χ3n) is 11.5. The Labute approximate surface area is 351 Å². The molecule has 0 bridgehead atoms. The van der Waals surface area contributed by atoms with Crippen molar-refractivity contribution in [3.63, 3.8) is 0 Å². The van der Waals surface area contributed by atoms with Gasteiger partial charge in [0.2, 0.25) is 11.8 Å². The molecular weight excluding hydrogens is 788 g/mol. The first-order valence-electron chi connectivity index (χ1n) is 20.5. The minimum Gasteiger partial charge on any atom is -0.497 e. The number of carbonyl (C=O) groups excluding carboxylic acids is 3. The van der Waals surface area contributed by atoms with E-state index in [2.05, 4.69) is 16.1 Å². The Bertz CT molecular complexity index is 2420. The smallest absolute Gasteiger partial charge is 0.416 e. The van der Waals surface area contributed by atoms with Gasteiger partial charge in [0.25, 0.3) is 5.91 Å². The summed E-state index contributed by atoms with van der Waals surface area (Å²) in [7, 11) is 1.57. The lowest BCUT2D eigenvalue weighted by Gasteiger charge is -2.30. The molecule has 0 spiro atoms. The van der Waals surface area contributed by atoms with Crippen LogP contribution in [0.15, 0.2) is 121 Å². The first kappa shape index (κ1) is 41.2. The third kappa shape index (κ3) is 9.28. The second-order valence-electron chi connectivity index (χ2n) is 15.7. The molecule has 3 heterocycles. The number of rotatable bonds is 9. The van der Waals surface area contributed by atoms with Crippen molar-refractivity contribution >= 4 is 34.3 Å². The molecule has 11 nitrogen and oxygen atoms in total. The summed E-state index contributed by atoms with van der Waals surface area (Å²) < 4.78 is 53.6. The van der Waals surface area contributed by atoms with Crippen LogP contribution in [0.1, 0.15) is 50.5 Å². The number of hydroxylamine groups is 1. The summed E-state index contributed by atoms with van der Waals surface area (Å²) in [5.41, 5.74) is 2.55. The van der Waals surface area contributed by atoms with Crippen LogP contribution >= 0.6 is 0 Å². The van der Waals surface area contributed by atoms with E-state index in [9.17, 15) is 27.6 Å². The third-order valence-corrected chi connectivity index (χ3v) is 11.5. The van der Waals surface area contributed by atoms with Gasteiger partial charge in [-0.05, 0) is 68.1 Å². The number of allylic oxidation sites excluding steroid dienone is 1. The van der Waals surface area contributed by atoms with Gasteiger partial charge in [-0.3, -0.25) is 14.4 Å². The van der Waals surface area contributed by atoms with Crippen LogP contribution in [0.25, 0.3) is 22.2 Å². The molecule has 3 amide bonds. The van der Waals surface area contributed by atoms with Crippen LogP contribution in [0, 0.1) is 5.92 Å². The zero-order chi connectivity index (χ0) is 42.6. The van der Waals surface area contributed by atoms with Crippen LogP contribution in [0.4, 0.5) is 18.9 Å². The quantitative estimate of drug-likeness (QED) is 0.100. The van der Waals surface area contributed by atoms with Crippen LogP contribution in [0.5, 0.6) is 17.2 Å². The van der Waals surface area contributed by atoms with Crippen molar-refractivity contribution in [2.75, 3.05) is 19.0 Å². The van der Waals surface area contributed by atoms with Crippen molar-refractivity contribution in [2.45, 2.75) is 74.8 Å². The standard InChI is InChI=1S/C47H46F3N5O6/c1-59-35-22-23-37-40(25-35)52-39(30-14-7-5-8-15-30)27-42(37)60-36-26-41-43(56)53-46(45(58)54-61-34-19-10-6-11-20-34)28-32(46)16-9-3-2-4-12-21-38(44(57)55(41)29-36)51-33-18-13-17-31(24-33)47(48,49)50/h5-11,13-20,22-25,27,32,36,38,41,51H,2-4,12,21,26,28-29H2,1H3,(H,53,56)(H,54,58)/b16-9-/t32-,36-,38+,41+,46-/m1/s1. The normalized spacial score (nSPS) is 23.6. The van der Waals surface area contributed by atoms with Crippen molar-refractivity contribution < 1.29 is 41.9 Å². The molecule has 5 aromatic rings. The largest absolute Gasteiger partial charge is 0.497 e. The van der Waals surface area contributed by atoms with E-state index in [0.717, 1.165) is 30.5 Å². The van der Waals surface area contributed by atoms with Crippen LogP contribution < -0.4 is 30.4 Å². The molecule has 1 saturated carbocycles. The van der Waals surface area contributed by atoms with E-state index in [1.165, 1.54) is 17.0 Å². The minimum absolute atomic E-state index is 0.0159. The van der Waals surface area contributed by atoms with Crippen LogP contribution in [-0.4, -0.2) is 65.0 Å². The second-order valence-corrected chi connectivity index (χ2v) is 15.7. The number of amides is 3. The van der Waals surface area contributed by atoms with E-state index in [1.54, 1.807) is 43.5 Å². The highest BCUT2D eigenvalue weighted by molar-refractivity contribution is 5.98. The highest BCUT2D eigenvalue weighted by Gasteiger charge is 2.61. The van der Waals surface area contributed by atoms with Crippen LogP contribution in [0.2, 0.25) is 0 Å². The second kappa shape index (κ2) is 17.6. The maximum Gasteiger partial charge on any atom is 0.416 e. The summed E-state index contributed by atoms with van der Waals surface area (Å²) in [5.74, 6) is -0.407. The maximum absolute atomic E-state index is 14.9. The van der Waals surface area contributed by atoms with Gasteiger partial charge in [0.1, 0.15) is 35.2 Å². The Morgan fingerprint density at radius 3 is 2.46 bits per heavy atom. The number of methoxy groups -OCH3 is 1. The van der Waals surface area contributed by atoms with Crippen LogP contribution in [-0.2, 0) is 20.6 Å². The lowest BCUT2D eigenvalue weighted by molar-refractivity contribution is -0.141. The number of ether oxygens (including phenoxy) is 2. The molecule has 8 rings (SSSR count). The Morgan fingerprint density at radius 2 is 1.69 bits per heavy atom. The van der Waals surface area contributed by atoms with Crippen molar-refractivity contribution in [1.82, 2.24) is 20.7 Å². The van der Waals surface area contributed by atoms with E-state index in [0.29, 0.717) is 59.5 Å². The summed E-state index contributed by atoms with van der Waals surface area (Å²) in [5, 5.41) is 6.78. The average Bonchev–Trinajstić information content (AvgIpc) is 3.80. The number of hydrogen-bond acceptors (Lipinski definition) is 8. The molecule has 3 N–H and O–H groups in total. The highest BCUT2D eigenvalue weighted by atomic mass is 19.4. The predicted molar refractivity (Wildman–Crippen MR) is 224 cm³/mol. The molecular formula is C47H46F3N5O6. The topological polar surface area (TPSA) is 131 Å². The number of para-hydroxylation sites is 1. The molecule has 0 unspecified atom stereocenters. The van der Waals surface area contributed by atoms with E-state index in [-0.39, 0.29) is 24.6 Å². The lowest BCUT2D eigenvalue weighted by Crippen LogP contribution is -2.57. The zero-order valence-corrected chi connectivity index (χ0v) is 33.5. The van der Waals surface area contributed by atoms with Crippen molar-refractivity contribution in [1.29, 1.82) is 0 Å². The van der Waals surface area contributed by atoms with Gasteiger partial charge in [0.05, 0.1) is 30.4 Å². The Hall–Kier alpha value is -6.57. The molecule has 3 aliphatic rings. The molecule has 14 heteroatoms. The number of benzene rings is 4. The number of fused-ring (bicyclic) bond motifs is 3. The van der Waals surface area contributed by atoms with Crippen molar-refractivity contribution in [3.05, 3.63) is 127 Å². The average molecular weight is 834 g/mol. The molecule has 2 fully saturated rings. The van der Waals surface area contributed by atoms with E-state index in [4.69, 9.17) is 19.3 Å². The van der Waals surface area contributed by atoms with Gasteiger partial charge >= 0.3 is 6.18 Å². The number of halogens is 3. The molecule has 4 aromatic carbocycles. The molecule has 1 saturated heterocycles. The monoisotopic (exact) mass is 833 g/mol. The number of carbonyl (C=O) groups is 3. The SMILES string of the molecule is COc1ccc2c(O[C@@H]3C[C@H]4C(=O)N[C@]5(C(=O)NOc6ccccc6)C[C@H]5/C=C\CCCCC[C@H](Nc5cccc(C(F)(F)F)c5)C(=O)N4C3)cc(-c3ccccc3)nc2c1. The Balaban J connectivity index is 1.13. The zero-order valence-electron chi connectivity index (χ0n) is 33.5. The van der Waals surface area contributed by atoms with Gasteiger partial charge in [-0.2, -0.15) is 18.7 Å². The first-order chi connectivity index (χ1) is 29.5. The van der Waals surface area contributed by atoms with Crippen molar-refractivity contribution in [3.8, 4) is 28.5 Å². The fourth-order valence-corrected chi connectivity index (χ4v) is 8.17. The minimum atomic E-state index is -4.59. The van der Waals surface area contributed by atoms with Gasteiger partial charge in [0.15, 0.2) is 5.75 Å². The highest BCUT2D eigenvalue weighted by Crippen LogP contribution is 2.46. The number of nitrogens with one attached hydrogen (secondary N) is 3. The predicted octanol–water partition coefficient (Wildman–Crippen LogP) is 8.26. The number of alkyl halides is 3. The summed E-state index contributed by atoms with van der Waals surface area (Å²) in [6.07, 6.45) is 2.17. The van der Waals surface area contributed by atoms with E-state index < -0.39 is 53.2 Å². The number of aromatic nitrogens is 1. The molecule has 5 atom stereocenters. The summed E-state index contributed by atoms with van der Waals surface area (Å²) >= 11 is 0. The van der Waals surface area contributed by atoms with Crippen molar-refractivity contribution in [2.24, 2.45) is 5.92 Å². The molecule has 316 valence electrons. The first-order valence-corrected chi connectivity index (χ1v) is 20.5. The van der Waals surface area contributed by atoms with Gasteiger partial charge in [-0.1, -0.05) is 79.6 Å². The van der Waals surface area contributed by atoms with Crippen LogP contribution in [0.3, 0.4) is 0 Å². The molecule has 61 heavy (non-hydrogen) atoms. The fraction of sp³-hybridized carbons (Fsp3) is 0.319. The molecule has 1 aliphatic carbocycles. The number of hydrogen-bond donors (Lipinski definition) is 3. The van der Waals surface area contributed by atoms with Gasteiger partial charge in [-0.15, -0.1) is 0 Å². The molecule has 1 aromatic heterocycles. The number of nitrogens with zero attached hydrogens (tertiary/aromatic N) is 2. The van der Waals surface area contributed by atoms with E-state index in [1.807, 2.05) is 60.7 Å². The van der Waals surface area contributed by atoms with Gasteiger partial charge in [-0.25, -0.2) is 4.98 Å². The van der Waals surface area contributed by atoms with Gasteiger partial charge < -0.3 is 29.8 Å². The Kier molecular flexibility index (Phi) is 11.9. The van der Waals surface area contributed by atoms with E-state index >= 15 is 0 Å². The fourth-order valence-electron chi connectivity index (χ4n) is 8.17. The summed E-state index contributed by atoms with van der Waals surface area (Å²) in [6.45, 7) is -0.0159. The molecule has 0 radical (unpaired) electrons. The maximum atomic E-state index is 14.9.